The molecule has 2 aromatic rings. The summed E-state index contributed by atoms with van der Waals surface area (Å²) < 4.78 is 0. The molecule has 104 valence electrons. The van der Waals surface area contributed by atoms with Crippen LogP contribution in [0.15, 0.2) is 36.7 Å². The first kappa shape index (κ1) is 13.9. The number of hydrogen-bond donors (Lipinski definition) is 2. The van der Waals surface area contributed by atoms with Crippen LogP contribution in [0.1, 0.15) is 15.9 Å². The summed E-state index contributed by atoms with van der Waals surface area (Å²) in [6.45, 7) is 1.93. The van der Waals surface area contributed by atoms with E-state index in [-0.39, 0.29) is 5.91 Å². The predicted molar refractivity (Wildman–Crippen MR) is 82.1 cm³/mol. The number of carbonyl (C=O) groups is 1. The zero-order valence-corrected chi connectivity index (χ0v) is 11.8. The molecule has 1 heterocycles. The van der Waals surface area contributed by atoms with E-state index in [0.29, 0.717) is 16.9 Å². The van der Waals surface area contributed by atoms with E-state index in [1.807, 2.05) is 38.1 Å². The van der Waals surface area contributed by atoms with Crippen molar-refractivity contribution >= 4 is 23.0 Å². The van der Waals surface area contributed by atoms with Gasteiger partial charge in [-0.25, -0.2) is 0 Å². The number of carbonyl (C=O) groups excluding carboxylic acids is 1. The molecule has 0 fully saturated rings. The van der Waals surface area contributed by atoms with Gasteiger partial charge in [0.05, 0.1) is 17.4 Å². The van der Waals surface area contributed by atoms with Gasteiger partial charge in [0.15, 0.2) is 0 Å². The lowest BCUT2D eigenvalue weighted by Crippen LogP contribution is -2.19. The van der Waals surface area contributed by atoms with Gasteiger partial charge in [0, 0.05) is 31.7 Å². The first-order valence-electron chi connectivity index (χ1n) is 6.27. The number of hydrogen-bond acceptors (Lipinski definition) is 4. The van der Waals surface area contributed by atoms with E-state index in [1.54, 1.807) is 24.5 Å². The van der Waals surface area contributed by atoms with Crippen LogP contribution in [-0.4, -0.2) is 25.0 Å². The molecule has 0 bridgehead atoms. The summed E-state index contributed by atoms with van der Waals surface area (Å²) in [5.74, 6) is -0.201. The van der Waals surface area contributed by atoms with Crippen molar-refractivity contribution in [1.29, 1.82) is 0 Å². The average Bonchev–Trinajstić information content (AvgIpc) is 2.38. The molecule has 0 aliphatic rings. The minimum atomic E-state index is -0.201. The van der Waals surface area contributed by atoms with Crippen molar-refractivity contribution in [2.75, 3.05) is 30.0 Å². The van der Waals surface area contributed by atoms with Gasteiger partial charge in [-0.1, -0.05) is 0 Å². The Labute approximate surface area is 118 Å². The number of nitrogens with zero attached hydrogens (tertiary/aromatic N) is 2. The Hall–Kier alpha value is -2.56. The van der Waals surface area contributed by atoms with Crippen molar-refractivity contribution in [1.82, 2.24) is 4.98 Å². The van der Waals surface area contributed by atoms with Gasteiger partial charge in [-0.15, -0.1) is 0 Å². The molecule has 5 nitrogen and oxygen atoms in total. The summed E-state index contributed by atoms with van der Waals surface area (Å²) in [5, 5.41) is 2.84. The van der Waals surface area contributed by atoms with Crippen molar-refractivity contribution in [3.63, 3.8) is 0 Å². The maximum Gasteiger partial charge on any atom is 0.257 e. The Kier molecular flexibility index (Phi) is 3.89. The lowest BCUT2D eigenvalue weighted by atomic mass is 10.1. The molecular weight excluding hydrogens is 252 g/mol. The quantitative estimate of drug-likeness (QED) is 0.839. The van der Waals surface area contributed by atoms with Gasteiger partial charge in [0.25, 0.3) is 5.91 Å². The first-order valence-corrected chi connectivity index (χ1v) is 6.27. The minimum Gasteiger partial charge on any atom is -0.399 e. The highest BCUT2D eigenvalue weighted by molar-refractivity contribution is 6.08. The van der Waals surface area contributed by atoms with Crippen LogP contribution >= 0.6 is 0 Å². The molecule has 0 unspecified atom stereocenters. The van der Waals surface area contributed by atoms with E-state index >= 15 is 0 Å². The lowest BCUT2D eigenvalue weighted by molar-refractivity contribution is 0.102. The molecule has 0 radical (unpaired) electrons. The molecule has 1 aromatic heterocycles. The number of pyridine rings is 1. The van der Waals surface area contributed by atoms with E-state index in [0.717, 1.165) is 11.3 Å². The van der Waals surface area contributed by atoms with Crippen molar-refractivity contribution < 1.29 is 4.79 Å². The molecule has 0 spiro atoms. The van der Waals surface area contributed by atoms with Gasteiger partial charge in [0.1, 0.15) is 0 Å². The molecule has 0 saturated carbocycles. The van der Waals surface area contributed by atoms with Crippen molar-refractivity contribution in [2.45, 2.75) is 6.92 Å². The smallest absolute Gasteiger partial charge is 0.257 e. The fraction of sp³-hybridized carbons (Fsp3) is 0.200. The fourth-order valence-electron chi connectivity index (χ4n) is 1.95. The fourth-order valence-corrected chi connectivity index (χ4v) is 1.95. The third-order valence-electron chi connectivity index (χ3n) is 2.88. The maximum atomic E-state index is 12.4. The Balaban J connectivity index is 2.31. The van der Waals surface area contributed by atoms with E-state index in [9.17, 15) is 4.79 Å². The number of aromatic nitrogens is 1. The Morgan fingerprint density at radius 3 is 2.65 bits per heavy atom. The lowest BCUT2D eigenvalue weighted by Gasteiger charge is -2.17. The summed E-state index contributed by atoms with van der Waals surface area (Å²) >= 11 is 0. The second kappa shape index (κ2) is 5.61. The SMILES string of the molecule is Cc1cncc(NC(=O)c2cc(N)ccc2N(C)C)c1. The number of amides is 1. The second-order valence-electron chi connectivity index (χ2n) is 4.88. The third kappa shape index (κ3) is 3.06. The predicted octanol–water partition coefficient (Wildman–Crippen LogP) is 2.29. The van der Waals surface area contributed by atoms with Gasteiger partial charge in [-0.05, 0) is 36.8 Å². The molecule has 1 amide bonds. The highest BCUT2D eigenvalue weighted by atomic mass is 16.1. The van der Waals surface area contributed by atoms with E-state index in [2.05, 4.69) is 10.3 Å². The zero-order chi connectivity index (χ0) is 14.7. The Morgan fingerprint density at radius 2 is 2.00 bits per heavy atom. The van der Waals surface area contributed by atoms with E-state index < -0.39 is 0 Å². The highest BCUT2D eigenvalue weighted by Crippen LogP contribution is 2.22. The van der Waals surface area contributed by atoms with Crippen LogP contribution in [0.3, 0.4) is 0 Å². The largest absolute Gasteiger partial charge is 0.399 e. The molecule has 0 saturated heterocycles. The number of anilines is 3. The number of nitrogens with one attached hydrogen (secondary N) is 1. The van der Waals surface area contributed by atoms with Gasteiger partial charge in [-0.3, -0.25) is 9.78 Å². The van der Waals surface area contributed by atoms with Crippen LogP contribution in [0.5, 0.6) is 0 Å². The molecule has 2 rings (SSSR count). The summed E-state index contributed by atoms with van der Waals surface area (Å²) in [7, 11) is 3.77. The van der Waals surface area contributed by atoms with Crippen LogP contribution < -0.4 is 16.0 Å². The number of nitrogens with two attached hydrogens (primary N) is 1. The molecule has 0 aliphatic heterocycles. The van der Waals surface area contributed by atoms with Crippen LogP contribution in [0.2, 0.25) is 0 Å². The van der Waals surface area contributed by atoms with Gasteiger partial charge in [0.2, 0.25) is 0 Å². The van der Waals surface area contributed by atoms with E-state index in [1.165, 1.54) is 0 Å². The molecule has 1 aromatic carbocycles. The molecule has 0 atom stereocenters. The van der Waals surface area contributed by atoms with Crippen LogP contribution in [0, 0.1) is 6.92 Å². The highest BCUT2D eigenvalue weighted by Gasteiger charge is 2.13. The maximum absolute atomic E-state index is 12.4. The van der Waals surface area contributed by atoms with Crippen molar-refractivity contribution in [3.05, 3.63) is 47.8 Å². The monoisotopic (exact) mass is 270 g/mol. The molecule has 5 heteroatoms. The Bertz CT molecular complexity index is 638. The molecule has 3 N–H and O–H groups in total. The Morgan fingerprint density at radius 1 is 1.25 bits per heavy atom. The third-order valence-corrected chi connectivity index (χ3v) is 2.88. The van der Waals surface area contributed by atoms with Gasteiger partial charge >= 0.3 is 0 Å². The standard InChI is InChI=1S/C15H18N4O/c1-10-6-12(9-17-8-10)18-15(20)13-7-11(16)4-5-14(13)19(2)3/h4-9H,16H2,1-3H3,(H,18,20). The van der Waals surface area contributed by atoms with Crippen molar-refractivity contribution in [2.24, 2.45) is 0 Å². The number of aryl methyl sites for hydroxylation is 1. The van der Waals surface area contributed by atoms with Crippen LogP contribution in [-0.2, 0) is 0 Å². The van der Waals surface area contributed by atoms with Crippen LogP contribution in [0.25, 0.3) is 0 Å². The average molecular weight is 270 g/mol. The summed E-state index contributed by atoms with van der Waals surface area (Å²) in [5.41, 5.74) is 9.34. The van der Waals surface area contributed by atoms with Gasteiger partial charge in [-0.2, -0.15) is 0 Å². The molecule has 0 aliphatic carbocycles. The van der Waals surface area contributed by atoms with Crippen LogP contribution in [0.4, 0.5) is 17.1 Å². The number of benzene rings is 1. The summed E-state index contributed by atoms with van der Waals surface area (Å²) in [6.07, 6.45) is 3.36. The second-order valence-corrected chi connectivity index (χ2v) is 4.88. The topological polar surface area (TPSA) is 71.2 Å². The van der Waals surface area contributed by atoms with Crippen molar-refractivity contribution in [3.8, 4) is 0 Å². The first-order chi connectivity index (χ1) is 9.47. The molecular formula is C15H18N4O. The molecule has 20 heavy (non-hydrogen) atoms. The van der Waals surface area contributed by atoms with Gasteiger partial charge < -0.3 is 16.0 Å². The normalized spacial score (nSPS) is 10.2. The van der Waals surface area contributed by atoms with E-state index in [4.69, 9.17) is 5.73 Å². The number of rotatable bonds is 3. The zero-order valence-electron chi connectivity index (χ0n) is 11.8. The number of nitrogen functional groups attached to an aromatic ring is 1. The minimum absolute atomic E-state index is 0.201. The summed E-state index contributed by atoms with van der Waals surface area (Å²) in [4.78, 5) is 18.3. The summed E-state index contributed by atoms with van der Waals surface area (Å²) in [6, 6.07) is 7.15.